The van der Waals surface area contributed by atoms with Crippen LogP contribution in [0.5, 0.6) is 11.5 Å². The van der Waals surface area contributed by atoms with Gasteiger partial charge in [-0.05, 0) is 42.5 Å². The van der Waals surface area contributed by atoms with Crippen molar-refractivity contribution in [2.45, 2.75) is 0 Å². The lowest BCUT2D eigenvalue weighted by molar-refractivity contribution is 0.396. The molecule has 6 aromatic rings. The smallest absolute Gasteiger partial charge is 0.345 e. The molecule has 6 rings (SSSR count). The van der Waals surface area contributed by atoms with Gasteiger partial charge in [-0.25, -0.2) is 19.6 Å². The van der Waals surface area contributed by atoms with Gasteiger partial charge in [-0.15, -0.1) is 0 Å². The fourth-order valence-corrected chi connectivity index (χ4v) is 4.32. The van der Waals surface area contributed by atoms with E-state index in [1.54, 1.807) is 66.7 Å². The predicted octanol–water partition coefficient (Wildman–Crippen LogP) is 5.71. The number of benzene rings is 2. The number of pyridine rings is 2. The van der Waals surface area contributed by atoms with Gasteiger partial charge in [-0.3, -0.25) is 0 Å². The molecule has 186 valence electrons. The molecule has 0 N–H and O–H groups in total. The van der Waals surface area contributed by atoms with Crippen molar-refractivity contribution in [2.24, 2.45) is 0 Å². The number of para-hydroxylation sites is 1. The van der Waals surface area contributed by atoms with Crippen molar-refractivity contribution in [3.05, 3.63) is 106 Å². The number of methoxy groups -OCH3 is 2. The van der Waals surface area contributed by atoms with Crippen LogP contribution in [0.2, 0.25) is 0 Å². The Hall–Kier alpha value is -5.24. The Balaban J connectivity index is 1.44. The third kappa shape index (κ3) is 4.08. The van der Waals surface area contributed by atoms with Gasteiger partial charge in [-0.2, -0.15) is 0 Å². The number of nitrogens with zero attached hydrogens (tertiary/aromatic N) is 2. The summed E-state index contributed by atoms with van der Waals surface area (Å²) in [4.78, 5) is 35.0. The summed E-state index contributed by atoms with van der Waals surface area (Å²) in [5, 5.41) is 1.41. The summed E-state index contributed by atoms with van der Waals surface area (Å²) < 4.78 is 21.8. The molecule has 0 bridgehead atoms. The molecule has 0 saturated heterocycles. The van der Waals surface area contributed by atoms with E-state index in [1.165, 1.54) is 14.2 Å². The molecular formula is C30H20N2O6. The van der Waals surface area contributed by atoms with Crippen LogP contribution in [0.4, 0.5) is 0 Å². The van der Waals surface area contributed by atoms with Crippen molar-refractivity contribution < 1.29 is 18.3 Å². The summed E-state index contributed by atoms with van der Waals surface area (Å²) in [6.45, 7) is 0. The first-order valence-corrected chi connectivity index (χ1v) is 11.7. The van der Waals surface area contributed by atoms with E-state index in [-0.39, 0.29) is 5.56 Å². The van der Waals surface area contributed by atoms with Gasteiger partial charge in [0.15, 0.2) is 0 Å². The molecule has 0 aliphatic carbocycles. The van der Waals surface area contributed by atoms with Crippen LogP contribution < -0.4 is 20.7 Å². The molecule has 0 radical (unpaired) electrons. The van der Waals surface area contributed by atoms with E-state index in [0.29, 0.717) is 56.4 Å². The van der Waals surface area contributed by atoms with Crippen molar-refractivity contribution in [3.63, 3.8) is 0 Å². The van der Waals surface area contributed by atoms with Gasteiger partial charge >= 0.3 is 11.3 Å². The molecule has 8 nitrogen and oxygen atoms in total. The predicted molar refractivity (Wildman–Crippen MR) is 144 cm³/mol. The highest BCUT2D eigenvalue weighted by atomic mass is 16.5. The maximum Gasteiger partial charge on any atom is 0.345 e. The Morgan fingerprint density at radius 1 is 0.605 bits per heavy atom. The van der Waals surface area contributed by atoms with Gasteiger partial charge in [0.05, 0.1) is 53.5 Å². The number of fused-ring (bicyclic) bond motifs is 2. The number of hydrogen-bond acceptors (Lipinski definition) is 8. The lowest BCUT2D eigenvalue weighted by Gasteiger charge is -2.10. The summed E-state index contributed by atoms with van der Waals surface area (Å²) in [6.07, 6.45) is 0. The highest BCUT2D eigenvalue weighted by molar-refractivity contribution is 5.88. The first kappa shape index (κ1) is 23.2. The molecule has 0 aliphatic heterocycles. The highest BCUT2D eigenvalue weighted by Gasteiger charge is 2.16. The molecule has 38 heavy (non-hydrogen) atoms. The number of rotatable bonds is 5. The standard InChI is InChI=1S/C30H20N2O6/c1-35-18-14-27(36-2)21-16-20(30(34)38-28(21)15-18)23-9-6-11-25(32-23)24-10-5-8-22(31-24)19-13-17-7-3-4-12-26(17)37-29(19)33/h3-16H,1-2H3. The average molecular weight is 504 g/mol. The molecule has 4 heterocycles. The maximum absolute atomic E-state index is 12.9. The molecule has 0 saturated carbocycles. The van der Waals surface area contributed by atoms with Crippen molar-refractivity contribution in [2.75, 3.05) is 14.2 Å². The summed E-state index contributed by atoms with van der Waals surface area (Å²) in [5.41, 5.74) is 2.37. The highest BCUT2D eigenvalue weighted by Crippen LogP contribution is 2.33. The fraction of sp³-hybridized carbons (Fsp3) is 0.0667. The van der Waals surface area contributed by atoms with Gasteiger partial charge in [0.25, 0.3) is 0 Å². The second kappa shape index (κ2) is 9.33. The minimum absolute atomic E-state index is 0.272. The Bertz CT molecular complexity index is 1960. The van der Waals surface area contributed by atoms with Gasteiger partial charge in [0.1, 0.15) is 22.7 Å². The zero-order valence-electron chi connectivity index (χ0n) is 20.4. The Morgan fingerprint density at radius 3 is 1.87 bits per heavy atom. The lowest BCUT2D eigenvalue weighted by atomic mass is 10.1. The third-order valence-corrected chi connectivity index (χ3v) is 6.20. The summed E-state index contributed by atoms with van der Waals surface area (Å²) in [6, 6.07) is 24.7. The van der Waals surface area contributed by atoms with Crippen LogP contribution >= 0.6 is 0 Å². The largest absolute Gasteiger partial charge is 0.496 e. The van der Waals surface area contributed by atoms with Crippen LogP contribution in [-0.4, -0.2) is 24.2 Å². The zero-order valence-corrected chi connectivity index (χ0v) is 20.4. The maximum atomic E-state index is 12.9. The van der Waals surface area contributed by atoms with Crippen LogP contribution in [0.15, 0.2) is 103 Å². The first-order chi connectivity index (χ1) is 18.5. The Labute approximate surface area is 215 Å². The monoisotopic (exact) mass is 504 g/mol. The minimum Gasteiger partial charge on any atom is -0.496 e. The van der Waals surface area contributed by atoms with Crippen LogP contribution in [0, 0.1) is 0 Å². The average Bonchev–Trinajstić information content (AvgIpc) is 2.96. The summed E-state index contributed by atoms with van der Waals surface area (Å²) >= 11 is 0. The number of ether oxygens (including phenoxy) is 2. The summed E-state index contributed by atoms with van der Waals surface area (Å²) in [7, 11) is 3.06. The van der Waals surface area contributed by atoms with E-state index >= 15 is 0 Å². The van der Waals surface area contributed by atoms with Gasteiger partial charge in [0, 0.05) is 17.5 Å². The van der Waals surface area contributed by atoms with E-state index in [2.05, 4.69) is 9.97 Å². The minimum atomic E-state index is -0.548. The molecule has 2 aromatic carbocycles. The molecule has 0 atom stereocenters. The lowest BCUT2D eigenvalue weighted by Crippen LogP contribution is -2.06. The topological polar surface area (TPSA) is 105 Å². The van der Waals surface area contributed by atoms with E-state index in [9.17, 15) is 9.59 Å². The number of aromatic nitrogens is 2. The normalized spacial score (nSPS) is 11.1. The molecule has 0 fully saturated rings. The van der Waals surface area contributed by atoms with Crippen molar-refractivity contribution in [1.29, 1.82) is 0 Å². The van der Waals surface area contributed by atoms with Crippen molar-refractivity contribution >= 4 is 21.9 Å². The van der Waals surface area contributed by atoms with Gasteiger partial charge in [-0.1, -0.05) is 30.3 Å². The van der Waals surface area contributed by atoms with E-state index in [4.69, 9.17) is 18.3 Å². The molecule has 0 amide bonds. The Morgan fingerprint density at radius 2 is 1.21 bits per heavy atom. The van der Waals surface area contributed by atoms with Gasteiger partial charge < -0.3 is 18.3 Å². The zero-order chi connectivity index (χ0) is 26.2. The van der Waals surface area contributed by atoms with Gasteiger partial charge in [0.2, 0.25) is 0 Å². The number of hydrogen-bond donors (Lipinski definition) is 0. The first-order valence-electron chi connectivity index (χ1n) is 11.7. The van der Waals surface area contributed by atoms with E-state index in [1.807, 2.05) is 18.2 Å². The van der Waals surface area contributed by atoms with Crippen LogP contribution in [0.1, 0.15) is 0 Å². The second-order valence-corrected chi connectivity index (χ2v) is 8.49. The molecular weight excluding hydrogens is 484 g/mol. The Kier molecular flexibility index (Phi) is 5.69. The third-order valence-electron chi connectivity index (χ3n) is 6.20. The molecule has 0 unspecified atom stereocenters. The van der Waals surface area contributed by atoms with Crippen LogP contribution in [0.25, 0.3) is 55.8 Å². The van der Waals surface area contributed by atoms with E-state index < -0.39 is 11.3 Å². The summed E-state index contributed by atoms with van der Waals surface area (Å²) in [5.74, 6) is 1.01. The SMILES string of the molecule is COc1cc(OC)c2cc(-c3cccc(-c4cccc(-c5cc6ccccc6oc5=O)n4)n3)c(=O)oc2c1. The van der Waals surface area contributed by atoms with Crippen LogP contribution in [-0.2, 0) is 0 Å². The van der Waals surface area contributed by atoms with Crippen molar-refractivity contribution in [1.82, 2.24) is 9.97 Å². The quantitative estimate of drug-likeness (QED) is 0.275. The molecule has 4 aromatic heterocycles. The van der Waals surface area contributed by atoms with Crippen molar-refractivity contribution in [3.8, 4) is 45.4 Å². The fourth-order valence-electron chi connectivity index (χ4n) is 4.32. The molecule has 0 aliphatic rings. The van der Waals surface area contributed by atoms with E-state index in [0.717, 1.165) is 5.39 Å². The molecule has 0 spiro atoms. The molecule has 8 heteroatoms. The second-order valence-electron chi connectivity index (χ2n) is 8.49. The van der Waals surface area contributed by atoms with Crippen LogP contribution in [0.3, 0.4) is 0 Å².